The van der Waals surface area contributed by atoms with Gasteiger partial charge in [-0.05, 0) is 30.7 Å². The number of fused-ring (bicyclic) bond motifs is 2. The quantitative estimate of drug-likeness (QED) is 0.479. The van der Waals surface area contributed by atoms with E-state index in [2.05, 4.69) is 27.8 Å². The molecule has 1 aliphatic rings. The van der Waals surface area contributed by atoms with E-state index in [0.717, 1.165) is 22.6 Å². The van der Waals surface area contributed by atoms with E-state index in [1.807, 2.05) is 49.5 Å². The maximum atomic E-state index is 12.0. The third-order valence-corrected chi connectivity index (χ3v) is 4.55. The van der Waals surface area contributed by atoms with Crippen LogP contribution in [-0.2, 0) is 9.53 Å². The number of aromatic nitrogens is 1. The van der Waals surface area contributed by atoms with Crippen molar-refractivity contribution in [1.29, 1.82) is 0 Å². The van der Waals surface area contributed by atoms with E-state index < -0.39 is 0 Å². The summed E-state index contributed by atoms with van der Waals surface area (Å²) >= 11 is 0. The molecule has 5 nitrogen and oxygen atoms in total. The van der Waals surface area contributed by atoms with Crippen LogP contribution in [0.2, 0.25) is 0 Å². The highest BCUT2D eigenvalue weighted by Gasteiger charge is 2.22. The van der Waals surface area contributed by atoms with Gasteiger partial charge in [-0.25, -0.2) is 4.79 Å². The Labute approximate surface area is 152 Å². The molecule has 26 heavy (non-hydrogen) atoms. The highest BCUT2D eigenvalue weighted by molar-refractivity contribution is 5.86. The van der Waals surface area contributed by atoms with E-state index in [1.54, 1.807) is 6.08 Å². The van der Waals surface area contributed by atoms with Gasteiger partial charge in [0.2, 0.25) is 0 Å². The number of carbonyl (C=O) groups is 1. The molecule has 0 saturated heterocycles. The van der Waals surface area contributed by atoms with E-state index in [1.165, 1.54) is 10.9 Å². The molecular formula is C21H21N3O2. The first-order chi connectivity index (χ1) is 12.7. The van der Waals surface area contributed by atoms with E-state index >= 15 is 0 Å². The zero-order valence-electron chi connectivity index (χ0n) is 14.6. The highest BCUT2D eigenvalue weighted by Crippen LogP contribution is 2.37. The Kier molecular flexibility index (Phi) is 4.35. The number of carbonyl (C=O) groups excluding carboxylic acids is 1. The van der Waals surface area contributed by atoms with Gasteiger partial charge in [0.05, 0.1) is 24.0 Å². The third-order valence-electron chi connectivity index (χ3n) is 4.55. The molecule has 3 N–H and O–H groups in total. The highest BCUT2D eigenvalue weighted by atomic mass is 16.5. The fourth-order valence-corrected chi connectivity index (χ4v) is 3.39. The molecule has 1 atom stereocenters. The van der Waals surface area contributed by atoms with E-state index in [0.29, 0.717) is 13.0 Å². The summed E-state index contributed by atoms with van der Waals surface area (Å²) in [6, 6.07) is 16.3. The molecule has 2 heterocycles. The molecule has 2 aromatic carbocycles. The first-order valence-electron chi connectivity index (χ1n) is 8.80. The average molecular weight is 347 g/mol. The van der Waals surface area contributed by atoms with Gasteiger partial charge in [0.15, 0.2) is 0 Å². The second-order valence-electron chi connectivity index (χ2n) is 6.28. The molecule has 3 aromatic rings. The molecule has 0 saturated carbocycles. The number of hydrogen-bond donors (Lipinski definition) is 3. The molecule has 4 rings (SSSR count). The lowest BCUT2D eigenvalue weighted by atomic mass is 10.0. The fourth-order valence-electron chi connectivity index (χ4n) is 3.39. The first-order valence-corrected chi connectivity index (χ1v) is 8.80. The number of rotatable bonds is 3. The Hall–Kier alpha value is -3.21. The molecule has 0 spiro atoms. The van der Waals surface area contributed by atoms with Crippen molar-refractivity contribution in [3.63, 3.8) is 0 Å². The van der Waals surface area contributed by atoms with Gasteiger partial charge >= 0.3 is 5.97 Å². The van der Waals surface area contributed by atoms with E-state index in [4.69, 9.17) is 4.74 Å². The van der Waals surface area contributed by atoms with Crippen LogP contribution in [0.15, 0.2) is 66.5 Å². The number of esters is 1. The van der Waals surface area contributed by atoms with Gasteiger partial charge in [0, 0.05) is 35.3 Å². The summed E-state index contributed by atoms with van der Waals surface area (Å²) in [6.07, 6.45) is 4.24. The van der Waals surface area contributed by atoms with Gasteiger partial charge in [0.1, 0.15) is 0 Å². The standard InChI is InChI=1S/C21H21N3O2/c1-2-26-21(25)12-14-11-20(24-19-10-6-5-9-18(19)23-14)16-13-22-17-8-4-3-7-15(16)17/h3-10,12-13,20,22-24H,2,11H2,1H3/b14-12-. The smallest absolute Gasteiger partial charge is 0.332 e. The zero-order chi connectivity index (χ0) is 17.9. The number of ether oxygens (including phenoxy) is 1. The minimum Gasteiger partial charge on any atom is -0.463 e. The van der Waals surface area contributed by atoms with Crippen LogP contribution in [0.4, 0.5) is 11.4 Å². The maximum absolute atomic E-state index is 12.0. The summed E-state index contributed by atoms with van der Waals surface area (Å²) in [5.74, 6) is -0.327. The molecule has 5 heteroatoms. The van der Waals surface area contributed by atoms with Crippen molar-refractivity contribution in [3.05, 3.63) is 72.1 Å². The van der Waals surface area contributed by atoms with Crippen LogP contribution in [-0.4, -0.2) is 17.6 Å². The predicted octanol–water partition coefficient (Wildman–Crippen LogP) is 4.58. The van der Waals surface area contributed by atoms with Crippen LogP contribution in [0.1, 0.15) is 24.9 Å². The monoisotopic (exact) mass is 347 g/mol. The second-order valence-corrected chi connectivity index (χ2v) is 6.28. The Morgan fingerprint density at radius 1 is 1.15 bits per heavy atom. The number of H-pyrrole nitrogens is 1. The predicted molar refractivity (Wildman–Crippen MR) is 104 cm³/mol. The minimum atomic E-state index is -0.327. The van der Waals surface area contributed by atoms with Gasteiger partial charge in [-0.1, -0.05) is 30.3 Å². The largest absolute Gasteiger partial charge is 0.463 e. The summed E-state index contributed by atoms with van der Waals surface area (Å²) in [6.45, 7) is 2.17. The van der Waals surface area contributed by atoms with Crippen molar-refractivity contribution >= 4 is 28.2 Å². The Balaban J connectivity index is 1.75. The summed E-state index contributed by atoms with van der Waals surface area (Å²) in [4.78, 5) is 15.3. The number of anilines is 2. The SMILES string of the molecule is CCOC(=O)/C=C1/CC(c2c[nH]c3ccccc23)Nc2ccccc2N1. The van der Waals surface area contributed by atoms with Crippen LogP contribution < -0.4 is 10.6 Å². The molecule has 0 bridgehead atoms. The van der Waals surface area contributed by atoms with Crippen LogP contribution in [0.3, 0.4) is 0 Å². The number of para-hydroxylation sites is 3. The van der Waals surface area contributed by atoms with Crippen molar-refractivity contribution in [2.75, 3.05) is 17.2 Å². The topological polar surface area (TPSA) is 66.2 Å². The van der Waals surface area contributed by atoms with Gasteiger partial charge < -0.3 is 20.4 Å². The fraction of sp³-hybridized carbons (Fsp3) is 0.190. The number of hydrogen-bond acceptors (Lipinski definition) is 4. The maximum Gasteiger partial charge on any atom is 0.332 e. The molecule has 132 valence electrons. The van der Waals surface area contributed by atoms with Crippen LogP contribution in [0.5, 0.6) is 0 Å². The van der Waals surface area contributed by atoms with Crippen LogP contribution >= 0.6 is 0 Å². The summed E-state index contributed by atoms with van der Waals surface area (Å²) < 4.78 is 5.09. The van der Waals surface area contributed by atoms with Gasteiger partial charge in [0.25, 0.3) is 0 Å². The molecule has 1 unspecified atom stereocenters. The average Bonchev–Trinajstić information content (AvgIpc) is 2.98. The summed E-state index contributed by atoms with van der Waals surface area (Å²) in [7, 11) is 0. The third kappa shape index (κ3) is 3.16. The van der Waals surface area contributed by atoms with Gasteiger partial charge in [-0.15, -0.1) is 0 Å². The number of nitrogens with one attached hydrogen (secondary N) is 3. The lowest BCUT2D eigenvalue weighted by molar-refractivity contribution is -0.137. The molecule has 0 radical (unpaired) electrons. The Morgan fingerprint density at radius 3 is 2.77 bits per heavy atom. The Bertz CT molecular complexity index is 974. The van der Waals surface area contributed by atoms with Crippen molar-refractivity contribution < 1.29 is 9.53 Å². The minimum absolute atomic E-state index is 0.0305. The number of aromatic amines is 1. The summed E-state index contributed by atoms with van der Waals surface area (Å²) in [5.41, 5.74) is 5.07. The molecule has 0 amide bonds. The zero-order valence-corrected chi connectivity index (χ0v) is 14.6. The normalized spacial score (nSPS) is 17.9. The van der Waals surface area contributed by atoms with Crippen LogP contribution in [0, 0.1) is 0 Å². The summed E-state index contributed by atoms with van der Waals surface area (Å²) in [5, 5.41) is 8.17. The lowest BCUT2D eigenvalue weighted by Crippen LogP contribution is -2.11. The second kappa shape index (κ2) is 6.96. The van der Waals surface area contributed by atoms with Crippen LogP contribution in [0.25, 0.3) is 10.9 Å². The van der Waals surface area contributed by atoms with E-state index in [-0.39, 0.29) is 12.0 Å². The lowest BCUT2D eigenvalue weighted by Gasteiger charge is -2.17. The molecule has 1 aromatic heterocycles. The first kappa shape index (κ1) is 16.3. The van der Waals surface area contributed by atoms with Crippen molar-refractivity contribution in [3.8, 4) is 0 Å². The van der Waals surface area contributed by atoms with Gasteiger partial charge in [-0.2, -0.15) is 0 Å². The molecule has 1 aliphatic heterocycles. The van der Waals surface area contributed by atoms with E-state index in [9.17, 15) is 4.79 Å². The van der Waals surface area contributed by atoms with Gasteiger partial charge in [-0.3, -0.25) is 0 Å². The van der Waals surface area contributed by atoms with Crippen molar-refractivity contribution in [2.45, 2.75) is 19.4 Å². The van der Waals surface area contributed by atoms with Crippen molar-refractivity contribution in [1.82, 2.24) is 4.98 Å². The molecule has 0 fully saturated rings. The Morgan fingerprint density at radius 2 is 1.92 bits per heavy atom. The molecular weight excluding hydrogens is 326 g/mol. The molecule has 0 aliphatic carbocycles. The number of benzene rings is 2. The van der Waals surface area contributed by atoms with Crippen molar-refractivity contribution in [2.24, 2.45) is 0 Å².